The van der Waals surface area contributed by atoms with Gasteiger partial charge in [0.1, 0.15) is 6.04 Å². The van der Waals surface area contributed by atoms with Crippen LogP contribution >= 0.6 is 0 Å². The quantitative estimate of drug-likeness (QED) is 0.739. The maximum Gasteiger partial charge on any atom is 0.361 e. The molecule has 6 heteroatoms. The Hall–Kier alpha value is -2.03. The second-order valence-electron chi connectivity index (χ2n) is 2.94. The predicted octanol–water partition coefficient (Wildman–Crippen LogP) is 0.727. The van der Waals surface area contributed by atoms with Gasteiger partial charge in [-0.15, -0.1) is 0 Å². The van der Waals surface area contributed by atoms with Crippen molar-refractivity contribution in [2.75, 3.05) is 12.3 Å². The maximum atomic E-state index is 11.3. The third kappa shape index (κ3) is 2.26. The van der Waals surface area contributed by atoms with Crippen LogP contribution in [0.5, 0.6) is 0 Å². The highest BCUT2D eigenvalue weighted by Crippen LogP contribution is 2.13. The van der Waals surface area contributed by atoms with Gasteiger partial charge in [-0.1, -0.05) is 0 Å². The lowest BCUT2D eigenvalue weighted by molar-refractivity contribution is 0.0519. The zero-order chi connectivity index (χ0) is 11.4. The minimum absolute atomic E-state index is 0.0546. The Balaban J connectivity index is 2.97. The Morgan fingerprint density at radius 2 is 2.53 bits per heavy atom. The molecule has 1 rings (SSSR count). The normalized spacial score (nSPS) is 11.8. The van der Waals surface area contributed by atoms with Gasteiger partial charge in [-0.2, -0.15) is 10.4 Å². The topological polar surface area (TPSA) is 93.9 Å². The van der Waals surface area contributed by atoms with Crippen molar-refractivity contribution in [2.24, 2.45) is 0 Å². The van der Waals surface area contributed by atoms with Crippen LogP contribution in [0.2, 0.25) is 0 Å². The Bertz CT molecular complexity index is 405. The number of esters is 1. The van der Waals surface area contributed by atoms with Gasteiger partial charge in [0.2, 0.25) is 0 Å². The molecule has 0 radical (unpaired) electrons. The van der Waals surface area contributed by atoms with Crippen LogP contribution in [0.4, 0.5) is 5.69 Å². The number of nitrogens with zero attached hydrogens (tertiary/aromatic N) is 3. The highest BCUT2D eigenvalue weighted by molar-refractivity contribution is 5.92. The summed E-state index contributed by atoms with van der Waals surface area (Å²) in [4.78, 5) is 11.3. The van der Waals surface area contributed by atoms with Crippen molar-refractivity contribution in [2.45, 2.75) is 19.9 Å². The molecule has 15 heavy (non-hydrogen) atoms. The number of carbonyl (C=O) groups is 1. The second kappa shape index (κ2) is 4.46. The Kier molecular flexibility index (Phi) is 3.29. The Morgan fingerprint density at radius 3 is 3.07 bits per heavy atom. The molecule has 0 fully saturated rings. The van der Waals surface area contributed by atoms with Crippen LogP contribution in [-0.4, -0.2) is 22.4 Å². The standard InChI is InChI=1S/C9H12N4O2/c1-3-15-9(14)8-7(11)5-13(12-8)6(2)4-10/h5-6H,3,11H2,1-2H3. The Labute approximate surface area is 87.2 Å². The van der Waals surface area contributed by atoms with Crippen molar-refractivity contribution < 1.29 is 9.53 Å². The monoisotopic (exact) mass is 208 g/mol. The average Bonchev–Trinajstić information content (AvgIpc) is 2.59. The first-order chi connectivity index (χ1) is 7.10. The van der Waals surface area contributed by atoms with Gasteiger partial charge in [0, 0.05) is 0 Å². The molecule has 0 aliphatic carbocycles. The summed E-state index contributed by atoms with van der Waals surface area (Å²) in [6, 6.07) is 1.52. The number of nitriles is 1. The van der Waals surface area contributed by atoms with Crippen LogP contribution in [0.3, 0.4) is 0 Å². The third-order valence-corrected chi connectivity index (χ3v) is 1.81. The maximum absolute atomic E-state index is 11.3. The number of hydrogen-bond acceptors (Lipinski definition) is 5. The van der Waals surface area contributed by atoms with Crippen LogP contribution in [0.15, 0.2) is 6.20 Å². The molecule has 0 bridgehead atoms. The summed E-state index contributed by atoms with van der Waals surface area (Å²) in [5, 5.41) is 12.6. The van der Waals surface area contributed by atoms with Crippen molar-refractivity contribution >= 4 is 11.7 Å². The van der Waals surface area contributed by atoms with Gasteiger partial charge in [0.15, 0.2) is 5.69 Å². The fourth-order valence-electron chi connectivity index (χ4n) is 1.02. The Morgan fingerprint density at radius 1 is 1.87 bits per heavy atom. The second-order valence-corrected chi connectivity index (χ2v) is 2.94. The van der Waals surface area contributed by atoms with E-state index < -0.39 is 12.0 Å². The highest BCUT2D eigenvalue weighted by atomic mass is 16.5. The van der Waals surface area contributed by atoms with Gasteiger partial charge in [0.05, 0.1) is 24.6 Å². The van der Waals surface area contributed by atoms with Gasteiger partial charge in [-0.25, -0.2) is 4.79 Å². The largest absolute Gasteiger partial charge is 0.461 e. The summed E-state index contributed by atoms with van der Waals surface area (Å²) in [6.45, 7) is 3.61. The number of nitrogen functional groups attached to an aromatic ring is 1. The summed E-state index contributed by atoms with van der Waals surface area (Å²) in [6.07, 6.45) is 1.44. The highest BCUT2D eigenvalue weighted by Gasteiger charge is 2.17. The SMILES string of the molecule is CCOC(=O)c1nn(C(C)C#N)cc1N. The summed E-state index contributed by atoms with van der Waals surface area (Å²) in [5.74, 6) is -0.570. The zero-order valence-electron chi connectivity index (χ0n) is 8.60. The van der Waals surface area contributed by atoms with E-state index in [0.717, 1.165) is 0 Å². The number of aromatic nitrogens is 2. The molecule has 0 aromatic carbocycles. The van der Waals surface area contributed by atoms with Crippen molar-refractivity contribution in [3.63, 3.8) is 0 Å². The molecular weight excluding hydrogens is 196 g/mol. The molecule has 1 heterocycles. The lowest BCUT2D eigenvalue weighted by atomic mass is 10.4. The fraction of sp³-hybridized carbons (Fsp3) is 0.444. The molecule has 0 saturated heterocycles. The first-order valence-electron chi connectivity index (χ1n) is 4.51. The smallest absolute Gasteiger partial charge is 0.361 e. The minimum Gasteiger partial charge on any atom is -0.461 e. The molecule has 0 aliphatic heterocycles. The van der Waals surface area contributed by atoms with Gasteiger partial charge < -0.3 is 10.5 Å². The lowest BCUT2D eigenvalue weighted by Gasteiger charge is -2.00. The molecule has 1 aromatic rings. The fourth-order valence-corrected chi connectivity index (χ4v) is 1.02. The van der Waals surface area contributed by atoms with Gasteiger partial charge >= 0.3 is 5.97 Å². The zero-order valence-corrected chi connectivity index (χ0v) is 8.60. The number of carbonyl (C=O) groups excluding carboxylic acids is 1. The van der Waals surface area contributed by atoms with E-state index in [1.165, 1.54) is 10.9 Å². The molecular formula is C9H12N4O2. The van der Waals surface area contributed by atoms with Crippen molar-refractivity contribution in [3.8, 4) is 6.07 Å². The molecule has 2 N–H and O–H groups in total. The summed E-state index contributed by atoms with van der Waals surface area (Å²) in [5.41, 5.74) is 5.84. The van der Waals surface area contributed by atoms with E-state index in [1.807, 2.05) is 6.07 Å². The molecule has 6 nitrogen and oxygen atoms in total. The van der Waals surface area contributed by atoms with Gasteiger partial charge in [-0.05, 0) is 13.8 Å². The lowest BCUT2D eigenvalue weighted by Crippen LogP contribution is -2.09. The van der Waals surface area contributed by atoms with Crippen LogP contribution in [0.25, 0.3) is 0 Å². The molecule has 80 valence electrons. The molecule has 1 aromatic heterocycles. The van der Waals surface area contributed by atoms with Crippen LogP contribution in [0.1, 0.15) is 30.4 Å². The number of anilines is 1. The van der Waals surface area contributed by atoms with Crippen molar-refractivity contribution in [1.82, 2.24) is 9.78 Å². The van der Waals surface area contributed by atoms with E-state index in [4.69, 9.17) is 15.7 Å². The van der Waals surface area contributed by atoms with Crippen molar-refractivity contribution in [1.29, 1.82) is 5.26 Å². The van der Waals surface area contributed by atoms with E-state index in [0.29, 0.717) is 0 Å². The van der Waals surface area contributed by atoms with Gasteiger partial charge in [0.25, 0.3) is 0 Å². The predicted molar refractivity (Wildman–Crippen MR) is 52.9 cm³/mol. The summed E-state index contributed by atoms with van der Waals surface area (Å²) in [7, 11) is 0. The molecule has 0 amide bonds. The molecule has 0 saturated carbocycles. The van der Waals surface area contributed by atoms with Crippen LogP contribution in [-0.2, 0) is 4.74 Å². The molecule has 1 atom stereocenters. The molecule has 0 aliphatic rings. The number of rotatable bonds is 3. The average molecular weight is 208 g/mol. The van der Waals surface area contributed by atoms with Gasteiger partial charge in [-0.3, -0.25) is 4.68 Å². The minimum atomic E-state index is -0.570. The van der Waals surface area contributed by atoms with E-state index in [9.17, 15) is 4.79 Å². The van der Waals surface area contributed by atoms with E-state index in [2.05, 4.69) is 5.10 Å². The number of ether oxygens (including phenoxy) is 1. The third-order valence-electron chi connectivity index (χ3n) is 1.81. The number of nitrogens with two attached hydrogens (primary N) is 1. The summed E-state index contributed by atoms with van der Waals surface area (Å²) < 4.78 is 6.09. The first kappa shape index (κ1) is 11.0. The molecule has 0 spiro atoms. The van der Waals surface area contributed by atoms with E-state index in [-0.39, 0.29) is 18.0 Å². The molecule has 1 unspecified atom stereocenters. The van der Waals surface area contributed by atoms with E-state index in [1.54, 1.807) is 13.8 Å². The van der Waals surface area contributed by atoms with Crippen LogP contribution in [0, 0.1) is 11.3 Å². The van der Waals surface area contributed by atoms with Crippen LogP contribution < -0.4 is 5.73 Å². The summed E-state index contributed by atoms with van der Waals surface area (Å²) >= 11 is 0. The first-order valence-corrected chi connectivity index (χ1v) is 4.51. The number of hydrogen-bond donors (Lipinski definition) is 1. The van der Waals surface area contributed by atoms with E-state index >= 15 is 0 Å². The van der Waals surface area contributed by atoms with Crippen molar-refractivity contribution in [3.05, 3.63) is 11.9 Å².